The Morgan fingerprint density at radius 3 is 2.05 bits per heavy atom. The maximum atomic E-state index is 12.7. The van der Waals surface area contributed by atoms with E-state index in [2.05, 4.69) is 9.72 Å². The predicted octanol–water partition coefficient (Wildman–Crippen LogP) is 3.40. The fourth-order valence-corrected chi connectivity index (χ4v) is 1.43. The van der Waals surface area contributed by atoms with Gasteiger partial charge >= 0.3 is 12.5 Å². The highest BCUT2D eigenvalue weighted by molar-refractivity contribution is 5.43. The summed E-state index contributed by atoms with van der Waals surface area (Å²) in [5.41, 5.74) is 0.130. The third kappa shape index (κ3) is 3.68. The van der Waals surface area contributed by atoms with Gasteiger partial charge in [0.2, 0.25) is 5.88 Å². The lowest BCUT2D eigenvalue weighted by atomic mass is 10.0. The van der Waals surface area contributed by atoms with Crippen molar-refractivity contribution in [2.75, 3.05) is 0 Å². The summed E-state index contributed by atoms with van der Waals surface area (Å²) in [6.07, 6.45) is -14.3. The second-order valence-corrected chi connectivity index (χ2v) is 3.43. The van der Waals surface area contributed by atoms with Crippen LogP contribution in [0.2, 0.25) is 0 Å². The number of pyridine rings is 1. The Kier molecular flexibility index (Phi) is 4.42. The minimum atomic E-state index is -5.45. The number of nitrogens with zero attached hydrogens (tertiary/aromatic N) is 1. The van der Waals surface area contributed by atoms with Crippen molar-refractivity contribution in [1.82, 2.24) is 4.98 Å². The van der Waals surface area contributed by atoms with Gasteiger partial charge in [-0.3, -0.25) is 0 Å². The van der Waals surface area contributed by atoms with Gasteiger partial charge in [-0.2, -0.15) is 13.2 Å². The fraction of sp³-hybridized carbons (Fsp3) is 0.444. The Morgan fingerprint density at radius 1 is 1.15 bits per heavy atom. The van der Waals surface area contributed by atoms with Crippen LogP contribution in [-0.2, 0) is 12.7 Å². The Labute approximate surface area is 106 Å². The molecule has 0 unspecified atom stereocenters. The highest BCUT2D eigenvalue weighted by atomic mass is 19.4. The van der Waals surface area contributed by atoms with Crippen LogP contribution in [0.4, 0.5) is 35.1 Å². The molecule has 0 saturated heterocycles. The monoisotopic (exact) mass is 310 g/mol. The summed E-state index contributed by atoms with van der Waals surface area (Å²) in [6.45, 7) is -0.826. The summed E-state index contributed by atoms with van der Waals surface area (Å²) >= 11 is 0. The second-order valence-electron chi connectivity index (χ2n) is 3.43. The Morgan fingerprint density at radius 2 is 1.70 bits per heavy atom. The van der Waals surface area contributed by atoms with Gasteiger partial charge in [0.05, 0.1) is 11.1 Å². The van der Waals surface area contributed by atoms with Crippen LogP contribution in [0.15, 0.2) is 6.20 Å². The highest BCUT2D eigenvalue weighted by Crippen LogP contribution is 2.43. The lowest BCUT2D eigenvalue weighted by molar-refractivity contribution is -0.277. The number of hydrogen-bond donors (Lipinski definition) is 1. The number of hydrogen-bond acceptors (Lipinski definition) is 3. The Bertz CT molecular complexity index is 482. The van der Waals surface area contributed by atoms with Crippen LogP contribution < -0.4 is 10.5 Å². The predicted molar refractivity (Wildman–Crippen MR) is 48.8 cm³/mol. The largest absolute Gasteiger partial charge is 0.574 e. The van der Waals surface area contributed by atoms with Gasteiger partial charge < -0.3 is 10.5 Å². The van der Waals surface area contributed by atoms with Crippen molar-refractivity contribution in [2.24, 2.45) is 5.73 Å². The van der Waals surface area contributed by atoms with Crippen molar-refractivity contribution in [3.8, 4) is 5.88 Å². The third-order valence-electron chi connectivity index (χ3n) is 2.09. The average Bonchev–Trinajstić information content (AvgIpc) is 2.24. The van der Waals surface area contributed by atoms with E-state index in [0.717, 1.165) is 0 Å². The molecule has 0 aliphatic carbocycles. The average molecular weight is 310 g/mol. The first kappa shape index (κ1) is 16.4. The van der Waals surface area contributed by atoms with E-state index >= 15 is 0 Å². The Balaban J connectivity index is 3.57. The number of alkyl halides is 8. The quantitative estimate of drug-likeness (QED) is 0.871. The van der Waals surface area contributed by atoms with Crippen LogP contribution in [0.3, 0.4) is 0 Å². The van der Waals surface area contributed by atoms with Crippen molar-refractivity contribution in [1.29, 1.82) is 0 Å². The lowest BCUT2D eigenvalue weighted by Gasteiger charge is -2.19. The molecule has 0 saturated carbocycles. The molecule has 114 valence electrons. The van der Waals surface area contributed by atoms with Crippen molar-refractivity contribution in [2.45, 2.75) is 25.5 Å². The van der Waals surface area contributed by atoms with Crippen molar-refractivity contribution < 1.29 is 39.9 Å². The second kappa shape index (κ2) is 5.38. The molecule has 0 fully saturated rings. The number of ether oxygens (including phenoxy) is 1. The van der Waals surface area contributed by atoms with E-state index in [0.29, 0.717) is 6.20 Å². The van der Waals surface area contributed by atoms with Gasteiger partial charge in [-0.1, -0.05) is 0 Å². The lowest BCUT2D eigenvalue weighted by Crippen LogP contribution is -2.22. The molecule has 11 heteroatoms. The molecule has 0 radical (unpaired) electrons. The van der Waals surface area contributed by atoms with Crippen molar-refractivity contribution in [3.05, 3.63) is 22.9 Å². The van der Waals surface area contributed by atoms with Gasteiger partial charge in [0.15, 0.2) is 0 Å². The van der Waals surface area contributed by atoms with Gasteiger partial charge in [-0.25, -0.2) is 13.8 Å². The van der Waals surface area contributed by atoms with E-state index in [4.69, 9.17) is 5.73 Å². The van der Waals surface area contributed by atoms with Crippen molar-refractivity contribution >= 4 is 0 Å². The smallest absolute Gasteiger partial charge is 0.387 e. The zero-order chi connectivity index (χ0) is 15.7. The van der Waals surface area contributed by atoms with Crippen molar-refractivity contribution in [3.63, 3.8) is 0 Å². The maximum Gasteiger partial charge on any atom is 0.574 e. The standard InChI is InChI=1S/C9H6F8N2O/c10-6(11)4-5(8(12,13)14)3(1-18)2-19-7(4)20-9(15,16)17/h2,6H,1,18H2. The molecule has 20 heavy (non-hydrogen) atoms. The van der Waals surface area contributed by atoms with Gasteiger partial charge in [-0.15, -0.1) is 13.2 Å². The molecule has 1 aromatic heterocycles. The van der Waals surface area contributed by atoms with E-state index in [-0.39, 0.29) is 0 Å². The first-order chi connectivity index (χ1) is 8.97. The van der Waals surface area contributed by atoms with E-state index in [1.54, 1.807) is 0 Å². The molecule has 2 N–H and O–H groups in total. The van der Waals surface area contributed by atoms with Crippen LogP contribution in [-0.4, -0.2) is 11.3 Å². The van der Waals surface area contributed by atoms with Gasteiger partial charge in [-0.05, 0) is 5.56 Å². The van der Waals surface area contributed by atoms with Crippen LogP contribution in [0.1, 0.15) is 23.1 Å². The molecular formula is C9H6F8N2O. The van der Waals surface area contributed by atoms with Crippen LogP contribution in [0.5, 0.6) is 5.88 Å². The van der Waals surface area contributed by atoms with Gasteiger partial charge in [0.1, 0.15) is 0 Å². The van der Waals surface area contributed by atoms with E-state index in [9.17, 15) is 35.1 Å². The summed E-state index contributed by atoms with van der Waals surface area (Å²) < 4.78 is 103. The maximum absolute atomic E-state index is 12.7. The van der Waals surface area contributed by atoms with E-state index in [1.165, 1.54) is 0 Å². The molecule has 0 aliphatic heterocycles. The minimum Gasteiger partial charge on any atom is -0.387 e. The minimum absolute atomic E-state index is 0.315. The van der Waals surface area contributed by atoms with Gasteiger partial charge in [0, 0.05) is 12.7 Å². The molecule has 1 rings (SSSR count). The SMILES string of the molecule is NCc1cnc(OC(F)(F)F)c(C(F)F)c1C(F)(F)F. The number of nitrogens with two attached hydrogens (primary N) is 1. The van der Waals surface area contributed by atoms with E-state index < -0.39 is 48.1 Å². The first-order valence-corrected chi connectivity index (χ1v) is 4.80. The highest BCUT2D eigenvalue weighted by Gasteiger charge is 2.43. The molecule has 3 nitrogen and oxygen atoms in total. The zero-order valence-electron chi connectivity index (χ0n) is 9.32. The molecule has 0 atom stereocenters. The summed E-state index contributed by atoms with van der Waals surface area (Å²) in [6, 6.07) is 0. The number of halogens is 8. The molecule has 0 bridgehead atoms. The third-order valence-corrected chi connectivity index (χ3v) is 2.09. The molecule has 0 spiro atoms. The molecule has 0 amide bonds. The summed E-state index contributed by atoms with van der Waals surface area (Å²) in [7, 11) is 0. The van der Waals surface area contributed by atoms with Crippen LogP contribution in [0, 0.1) is 0 Å². The Hall–Kier alpha value is -1.65. The topological polar surface area (TPSA) is 48.1 Å². The summed E-state index contributed by atoms with van der Waals surface area (Å²) in [5.74, 6) is -1.85. The molecule has 1 aromatic rings. The summed E-state index contributed by atoms with van der Waals surface area (Å²) in [5, 5.41) is 0. The summed E-state index contributed by atoms with van der Waals surface area (Å²) in [4.78, 5) is 2.83. The van der Waals surface area contributed by atoms with Crippen LogP contribution >= 0.6 is 0 Å². The molecule has 1 heterocycles. The molecule has 0 aromatic carbocycles. The molecule has 0 aliphatic rings. The molecular weight excluding hydrogens is 304 g/mol. The van der Waals surface area contributed by atoms with Crippen LogP contribution in [0.25, 0.3) is 0 Å². The first-order valence-electron chi connectivity index (χ1n) is 4.80. The number of rotatable bonds is 3. The van der Waals surface area contributed by atoms with Gasteiger partial charge in [0.25, 0.3) is 6.43 Å². The zero-order valence-corrected chi connectivity index (χ0v) is 9.32. The number of aromatic nitrogens is 1. The normalized spacial score (nSPS) is 12.9. The fourth-order valence-electron chi connectivity index (χ4n) is 1.43. The van der Waals surface area contributed by atoms with E-state index in [1.807, 2.05) is 0 Å².